The second kappa shape index (κ2) is 5.26. The molecule has 106 valence electrons. The van der Waals surface area contributed by atoms with E-state index in [1.807, 2.05) is 0 Å². The lowest BCUT2D eigenvalue weighted by Crippen LogP contribution is -2.51. The van der Waals surface area contributed by atoms with Crippen LogP contribution in [0.15, 0.2) is 12.1 Å². The van der Waals surface area contributed by atoms with Gasteiger partial charge in [0.2, 0.25) is 0 Å². The Labute approximate surface area is 117 Å². The monoisotopic (exact) mass is 261 g/mol. The quantitative estimate of drug-likeness (QED) is 0.882. The van der Waals surface area contributed by atoms with Crippen LogP contribution >= 0.6 is 0 Å². The van der Waals surface area contributed by atoms with Crippen LogP contribution in [0.3, 0.4) is 0 Å². The van der Waals surface area contributed by atoms with Crippen molar-refractivity contribution in [3.05, 3.63) is 34.4 Å². The first-order valence-corrected chi connectivity index (χ1v) is 7.29. The highest BCUT2D eigenvalue weighted by atomic mass is 16.3. The summed E-state index contributed by atoms with van der Waals surface area (Å²) in [7, 11) is 0. The fourth-order valence-corrected chi connectivity index (χ4v) is 3.20. The first-order valence-electron chi connectivity index (χ1n) is 7.29. The molecule has 1 unspecified atom stereocenters. The van der Waals surface area contributed by atoms with Crippen LogP contribution in [0.2, 0.25) is 0 Å². The number of rotatable bonds is 2. The summed E-state index contributed by atoms with van der Waals surface area (Å²) in [6.45, 7) is 12.9. The minimum atomic E-state index is -0.168. The zero-order valence-electron chi connectivity index (χ0n) is 13.0. The van der Waals surface area contributed by atoms with Crippen molar-refractivity contribution in [1.29, 1.82) is 0 Å². The fourth-order valence-electron chi connectivity index (χ4n) is 3.20. The van der Waals surface area contributed by atoms with E-state index in [4.69, 9.17) is 0 Å². The van der Waals surface area contributed by atoms with Gasteiger partial charge in [-0.3, -0.25) is 4.90 Å². The van der Waals surface area contributed by atoms with E-state index >= 15 is 0 Å². The Morgan fingerprint density at radius 1 is 1.21 bits per heavy atom. The number of aliphatic hydroxyl groups is 1. The van der Waals surface area contributed by atoms with Crippen LogP contribution in [0.1, 0.15) is 48.9 Å². The largest absolute Gasteiger partial charge is 0.392 e. The molecule has 2 heteroatoms. The van der Waals surface area contributed by atoms with Crippen molar-refractivity contribution in [3.8, 4) is 0 Å². The summed E-state index contributed by atoms with van der Waals surface area (Å²) in [6, 6.07) is 4.52. The molecule has 1 aliphatic rings. The van der Waals surface area contributed by atoms with Gasteiger partial charge in [0.15, 0.2) is 0 Å². The molecule has 2 nitrogen and oxygen atoms in total. The van der Waals surface area contributed by atoms with Crippen molar-refractivity contribution < 1.29 is 5.11 Å². The molecule has 0 aromatic heterocycles. The van der Waals surface area contributed by atoms with Gasteiger partial charge in [0, 0.05) is 18.6 Å². The van der Waals surface area contributed by atoms with Gasteiger partial charge in [-0.2, -0.15) is 0 Å². The van der Waals surface area contributed by atoms with Crippen LogP contribution in [0.25, 0.3) is 0 Å². The first kappa shape index (κ1) is 14.5. The van der Waals surface area contributed by atoms with E-state index in [1.54, 1.807) is 0 Å². The molecule has 0 radical (unpaired) electrons. The molecule has 0 amide bonds. The van der Waals surface area contributed by atoms with Gasteiger partial charge < -0.3 is 5.11 Å². The number of β-amino-alcohol motifs (C(OH)–C–C–N with tert-alkyl or cyclic N) is 1. The van der Waals surface area contributed by atoms with Gasteiger partial charge in [-0.1, -0.05) is 17.7 Å². The van der Waals surface area contributed by atoms with Crippen LogP contribution in [0.5, 0.6) is 0 Å². The van der Waals surface area contributed by atoms with Gasteiger partial charge in [0.25, 0.3) is 0 Å². The van der Waals surface area contributed by atoms with Gasteiger partial charge >= 0.3 is 0 Å². The molecular formula is C17H27NO. The highest BCUT2D eigenvalue weighted by Gasteiger charge is 2.33. The summed E-state index contributed by atoms with van der Waals surface area (Å²) >= 11 is 0. The lowest BCUT2D eigenvalue weighted by atomic mass is 9.88. The van der Waals surface area contributed by atoms with Gasteiger partial charge in [-0.15, -0.1) is 0 Å². The van der Waals surface area contributed by atoms with E-state index in [0.717, 1.165) is 25.9 Å². The Morgan fingerprint density at radius 2 is 1.79 bits per heavy atom. The summed E-state index contributed by atoms with van der Waals surface area (Å²) in [4.78, 5) is 2.44. The Hall–Kier alpha value is -0.860. The van der Waals surface area contributed by atoms with Crippen molar-refractivity contribution in [2.45, 2.75) is 65.6 Å². The lowest BCUT2D eigenvalue weighted by Gasteiger charge is -2.44. The van der Waals surface area contributed by atoms with Crippen LogP contribution in [-0.4, -0.2) is 28.2 Å². The van der Waals surface area contributed by atoms with Crippen LogP contribution in [0, 0.1) is 20.8 Å². The highest BCUT2D eigenvalue weighted by Crippen LogP contribution is 2.30. The molecule has 1 atom stereocenters. The van der Waals surface area contributed by atoms with E-state index in [0.29, 0.717) is 0 Å². The van der Waals surface area contributed by atoms with Crippen molar-refractivity contribution >= 4 is 0 Å². The number of aryl methyl sites for hydroxylation is 3. The molecule has 1 N–H and O–H groups in total. The van der Waals surface area contributed by atoms with Crippen LogP contribution in [-0.2, 0) is 6.54 Å². The predicted octanol–water partition coefficient (Wildman–Crippen LogP) is 3.35. The summed E-state index contributed by atoms with van der Waals surface area (Å²) in [5.74, 6) is 0. The highest BCUT2D eigenvalue weighted by molar-refractivity contribution is 5.37. The Bertz CT molecular complexity index is 441. The maximum absolute atomic E-state index is 9.93. The van der Waals surface area contributed by atoms with E-state index in [2.05, 4.69) is 51.7 Å². The van der Waals surface area contributed by atoms with Crippen molar-refractivity contribution in [2.24, 2.45) is 0 Å². The molecule has 1 aromatic rings. The number of likely N-dealkylation sites (tertiary alicyclic amines) is 1. The Morgan fingerprint density at radius 3 is 2.37 bits per heavy atom. The second-order valence-electron chi connectivity index (χ2n) is 6.76. The zero-order chi connectivity index (χ0) is 14.2. The molecule has 1 saturated heterocycles. The molecule has 0 bridgehead atoms. The summed E-state index contributed by atoms with van der Waals surface area (Å²) in [5.41, 5.74) is 5.68. The van der Waals surface area contributed by atoms with Gasteiger partial charge in [-0.05, 0) is 64.2 Å². The maximum Gasteiger partial charge on any atom is 0.0668 e. The SMILES string of the molecule is Cc1cc(C)c(CN2CC(O)CCC2(C)C)c(C)c1. The summed E-state index contributed by atoms with van der Waals surface area (Å²) in [5, 5.41) is 9.93. The lowest BCUT2D eigenvalue weighted by molar-refractivity contribution is -0.00979. The van der Waals surface area contributed by atoms with E-state index in [9.17, 15) is 5.11 Å². The molecule has 2 rings (SSSR count). The number of hydrogen-bond donors (Lipinski definition) is 1. The maximum atomic E-state index is 9.93. The van der Waals surface area contributed by atoms with Gasteiger partial charge in [0.1, 0.15) is 0 Å². The first-order chi connectivity index (χ1) is 8.79. The Balaban J connectivity index is 2.25. The minimum absolute atomic E-state index is 0.168. The minimum Gasteiger partial charge on any atom is -0.392 e. The Kier molecular flexibility index (Phi) is 4.03. The van der Waals surface area contributed by atoms with E-state index in [1.165, 1.54) is 22.3 Å². The van der Waals surface area contributed by atoms with Crippen molar-refractivity contribution in [1.82, 2.24) is 4.90 Å². The number of benzene rings is 1. The normalized spacial score (nSPS) is 23.6. The second-order valence-corrected chi connectivity index (χ2v) is 6.76. The molecule has 1 aliphatic heterocycles. The topological polar surface area (TPSA) is 23.5 Å². The molecule has 1 heterocycles. The predicted molar refractivity (Wildman–Crippen MR) is 80.4 cm³/mol. The summed E-state index contributed by atoms with van der Waals surface area (Å²) in [6.07, 6.45) is 1.83. The zero-order valence-corrected chi connectivity index (χ0v) is 13.0. The molecule has 1 aromatic carbocycles. The average molecular weight is 261 g/mol. The van der Waals surface area contributed by atoms with Gasteiger partial charge in [0.05, 0.1) is 6.10 Å². The molecule has 0 spiro atoms. The van der Waals surface area contributed by atoms with Crippen molar-refractivity contribution in [3.63, 3.8) is 0 Å². The third-order valence-corrected chi connectivity index (χ3v) is 4.57. The number of piperidine rings is 1. The third-order valence-electron chi connectivity index (χ3n) is 4.57. The molecule has 19 heavy (non-hydrogen) atoms. The van der Waals surface area contributed by atoms with Crippen LogP contribution in [0.4, 0.5) is 0 Å². The van der Waals surface area contributed by atoms with E-state index in [-0.39, 0.29) is 11.6 Å². The number of hydrogen-bond acceptors (Lipinski definition) is 2. The van der Waals surface area contributed by atoms with Gasteiger partial charge in [-0.25, -0.2) is 0 Å². The molecule has 1 fully saturated rings. The molecule has 0 saturated carbocycles. The fraction of sp³-hybridized carbons (Fsp3) is 0.647. The van der Waals surface area contributed by atoms with Crippen molar-refractivity contribution in [2.75, 3.05) is 6.54 Å². The third kappa shape index (κ3) is 3.18. The van der Waals surface area contributed by atoms with Crippen LogP contribution < -0.4 is 0 Å². The molecular weight excluding hydrogens is 234 g/mol. The number of aliphatic hydroxyl groups excluding tert-OH is 1. The molecule has 0 aliphatic carbocycles. The smallest absolute Gasteiger partial charge is 0.0668 e. The average Bonchev–Trinajstić information content (AvgIpc) is 2.28. The summed E-state index contributed by atoms with van der Waals surface area (Å²) < 4.78 is 0. The van der Waals surface area contributed by atoms with E-state index < -0.39 is 0 Å². The standard InChI is InChI=1S/C17H27NO/c1-12-8-13(2)16(14(3)9-12)11-18-10-15(19)6-7-17(18,4)5/h8-9,15,19H,6-7,10-11H2,1-5H3. The number of nitrogens with zero attached hydrogens (tertiary/aromatic N) is 1.